The van der Waals surface area contributed by atoms with Crippen molar-refractivity contribution in [2.45, 2.75) is 6.18 Å². The van der Waals surface area contributed by atoms with Gasteiger partial charge in [-0.15, -0.1) is 0 Å². The molecule has 2 aromatic rings. The van der Waals surface area contributed by atoms with Crippen LogP contribution < -0.4 is 10.5 Å². The Kier molecular flexibility index (Phi) is 9.36. The molecule has 0 amide bonds. The van der Waals surface area contributed by atoms with E-state index in [0.717, 1.165) is 0 Å². The molecule has 1 heterocycles. The van der Waals surface area contributed by atoms with Crippen molar-refractivity contribution in [3.8, 4) is 5.75 Å². The first-order valence-corrected chi connectivity index (χ1v) is 5.71. The molecule has 0 unspecified atom stereocenters. The Morgan fingerprint density at radius 1 is 1.21 bits per heavy atom. The van der Waals surface area contributed by atoms with Crippen LogP contribution in [-0.2, 0) is 0 Å². The van der Waals surface area contributed by atoms with Crippen LogP contribution in [0.25, 0.3) is 11.0 Å². The van der Waals surface area contributed by atoms with Gasteiger partial charge in [-0.2, -0.15) is 13.2 Å². The van der Waals surface area contributed by atoms with E-state index in [2.05, 4.69) is 4.42 Å². The van der Waals surface area contributed by atoms with Gasteiger partial charge in [-0.05, 0) is 18.2 Å². The molecule has 24 heavy (non-hydrogen) atoms. The molecule has 0 fully saturated rings. The molecule has 0 bridgehead atoms. The molecule has 0 saturated carbocycles. The molecule has 0 atom stereocenters. The van der Waals surface area contributed by atoms with Gasteiger partial charge >= 0.3 is 11.8 Å². The number of carbonyl (C=O) groups excluding carboxylic acids is 1. The summed E-state index contributed by atoms with van der Waals surface area (Å²) in [5.41, 5.74) is -2.50. The molecule has 2 rings (SSSR count). The second-order valence-corrected chi connectivity index (χ2v) is 4.51. The minimum Gasteiger partial charge on any atom is -0.506 e. The van der Waals surface area contributed by atoms with E-state index in [1.54, 1.807) is 25.1 Å². The van der Waals surface area contributed by atoms with Crippen molar-refractivity contribution in [3.63, 3.8) is 0 Å². The maximum absolute atomic E-state index is 12.5. The number of rotatable bonds is 2. The van der Waals surface area contributed by atoms with Gasteiger partial charge < -0.3 is 25.4 Å². The molecule has 7 nitrogen and oxygen atoms in total. The van der Waals surface area contributed by atoms with Gasteiger partial charge in [-0.1, -0.05) is 0 Å². The first-order valence-electron chi connectivity index (χ1n) is 5.71. The Balaban J connectivity index is 0. The second-order valence-electron chi connectivity index (χ2n) is 4.51. The zero-order chi connectivity index (χ0) is 15.9. The molecule has 0 aliphatic rings. The van der Waals surface area contributed by atoms with Gasteiger partial charge in [0, 0.05) is 69.2 Å². The zero-order valence-electron chi connectivity index (χ0n) is 12.4. The van der Waals surface area contributed by atoms with E-state index in [-0.39, 0.29) is 71.3 Å². The van der Waals surface area contributed by atoms with Crippen molar-refractivity contribution < 1.29 is 87.8 Å². The van der Waals surface area contributed by atoms with Crippen LogP contribution in [-0.4, -0.2) is 42.1 Å². The predicted molar refractivity (Wildman–Crippen MR) is 76.1 cm³/mol. The Labute approximate surface area is 174 Å². The van der Waals surface area contributed by atoms with E-state index < -0.39 is 28.9 Å². The largest absolute Gasteiger partial charge is 0.506 e. The maximum Gasteiger partial charge on any atom is 0.455 e. The van der Waals surface area contributed by atoms with Gasteiger partial charge in [-0.3, -0.25) is 4.79 Å². The van der Waals surface area contributed by atoms with Crippen LogP contribution in [0.2, 0.25) is 0 Å². The van der Waals surface area contributed by atoms with Crippen molar-refractivity contribution in [2.75, 3.05) is 19.0 Å². The van der Waals surface area contributed by atoms with Crippen molar-refractivity contribution in [1.82, 2.24) is 0 Å². The second kappa shape index (κ2) is 8.91. The van der Waals surface area contributed by atoms with Gasteiger partial charge in [-0.25, -0.2) is 4.79 Å². The molecular weight excluding hydrogens is 475 g/mol. The Bertz CT molecular complexity index is 788. The first-order chi connectivity index (χ1) is 9.62. The number of ketones is 1. The third-order valence-electron chi connectivity index (χ3n) is 2.86. The van der Waals surface area contributed by atoms with E-state index >= 15 is 0 Å². The monoisotopic (exact) mass is 490 g/mol. The molecule has 1 aromatic carbocycles. The molecule has 11 heteroatoms. The SMILES string of the molecule is CN(C)c1ccc2oc(=O)c(C(=O)C(F)(F)F)c(O)c2c1.O.O.[Eu]. The third-order valence-corrected chi connectivity index (χ3v) is 2.86. The quantitative estimate of drug-likeness (QED) is 0.489. The van der Waals surface area contributed by atoms with Crippen LogP contribution in [0.15, 0.2) is 27.4 Å². The molecule has 1 radical (unpaired) electrons. The van der Waals surface area contributed by atoms with E-state index in [0.29, 0.717) is 5.69 Å². The van der Waals surface area contributed by atoms with Crippen LogP contribution in [0.4, 0.5) is 18.9 Å². The van der Waals surface area contributed by atoms with Gasteiger partial charge in [0.2, 0.25) is 0 Å². The number of hydrogen-bond acceptors (Lipinski definition) is 5. The van der Waals surface area contributed by atoms with Crippen molar-refractivity contribution >= 4 is 22.4 Å². The van der Waals surface area contributed by atoms with Gasteiger partial charge in [0.05, 0.1) is 5.39 Å². The third kappa shape index (κ3) is 4.76. The summed E-state index contributed by atoms with van der Waals surface area (Å²) in [5, 5.41) is 9.73. The number of aromatic hydroxyl groups is 1. The Hall–Kier alpha value is -1.01. The molecule has 5 N–H and O–H groups in total. The van der Waals surface area contributed by atoms with Crippen LogP contribution in [0.3, 0.4) is 0 Å². The number of benzene rings is 1. The topological polar surface area (TPSA) is 134 Å². The van der Waals surface area contributed by atoms with Crippen LogP contribution >= 0.6 is 0 Å². The molecule has 1 aromatic heterocycles. The fourth-order valence-electron chi connectivity index (χ4n) is 1.79. The number of nitrogens with zero attached hydrogens (tertiary/aromatic N) is 1. The number of fused-ring (bicyclic) bond motifs is 1. The summed E-state index contributed by atoms with van der Waals surface area (Å²) < 4.78 is 42.0. The first kappa shape index (κ1) is 25.2. The average molecular weight is 489 g/mol. The number of carbonyl (C=O) groups is 1. The number of alkyl halides is 3. The van der Waals surface area contributed by atoms with Gasteiger partial charge in [0.15, 0.2) is 5.56 Å². The Morgan fingerprint density at radius 2 is 1.75 bits per heavy atom. The standard InChI is InChI=1S/C13H10F3NO4.Eu.2H2O/c1-17(2)6-3-4-8-7(5-6)10(18)9(12(20)21-8)11(19)13(14,15)16;;;/h3-5,18H,1-2H3;;2*1H2. The summed E-state index contributed by atoms with van der Waals surface area (Å²) in [6, 6.07) is 4.20. The average Bonchev–Trinajstić information content (AvgIpc) is 2.36. The Morgan fingerprint density at radius 3 is 2.21 bits per heavy atom. The van der Waals surface area contributed by atoms with Crippen LogP contribution in [0.1, 0.15) is 10.4 Å². The summed E-state index contributed by atoms with van der Waals surface area (Å²) in [7, 11) is 3.36. The van der Waals surface area contributed by atoms with Crippen molar-refractivity contribution in [2.24, 2.45) is 0 Å². The van der Waals surface area contributed by atoms with E-state index in [4.69, 9.17) is 0 Å². The van der Waals surface area contributed by atoms with E-state index in [1.807, 2.05) is 0 Å². The van der Waals surface area contributed by atoms with Crippen LogP contribution in [0, 0.1) is 49.4 Å². The fraction of sp³-hybridized carbons (Fsp3) is 0.231. The fourth-order valence-corrected chi connectivity index (χ4v) is 1.79. The molecular formula is C13H14EuF3NO6. The molecule has 135 valence electrons. The number of Topliss-reactive ketones (excluding diaryl/α,β-unsaturated/α-hetero) is 1. The smallest absolute Gasteiger partial charge is 0.455 e. The summed E-state index contributed by atoms with van der Waals surface area (Å²) >= 11 is 0. The van der Waals surface area contributed by atoms with Gasteiger partial charge in [0.25, 0.3) is 5.78 Å². The number of hydrogen-bond donors (Lipinski definition) is 1. The van der Waals surface area contributed by atoms with E-state index in [9.17, 15) is 27.9 Å². The van der Waals surface area contributed by atoms with Crippen LogP contribution in [0.5, 0.6) is 5.75 Å². The molecule has 0 aliphatic carbocycles. The number of anilines is 1. The number of halogens is 3. The van der Waals surface area contributed by atoms with E-state index in [1.165, 1.54) is 12.1 Å². The summed E-state index contributed by atoms with van der Waals surface area (Å²) in [6.07, 6.45) is -5.28. The summed E-state index contributed by atoms with van der Waals surface area (Å²) in [4.78, 5) is 24.4. The zero-order valence-corrected chi connectivity index (χ0v) is 14.8. The normalized spacial score (nSPS) is 10.2. The molecule has 0 aliphatic heterocycles. The maximum atomic E-state index is 12.5. The minimum absolute atomic E-state index is 0. The van der Waals surface area contributed by atoms with Gasteiger partial charge in [0.1, 0.15) is 11.3 Å². The van der Waals surface area contributed by atoms with Crippen molar-refractivity contribution in [1.29, 1.82) is 0 Å². The summed E-state index contributed by atoms with van der Waals surface area (Å²) in [6.45, 7) is 0. The van der Waals surface area contributed by atoms with Crippen molar-refractivity contribution in [3.05, 3.63) is 34.2 Å². The molecule has 0 spiro atoms. The summed E-state index contributed by atoms with van der Waals surface area (Å²) in [5.74, 6) is -3.47. The predicted octanol–water partition coefficient (Wildman–Crippen LogP) is 0.660. The minimum atomic E-state index is -5.28. The molecule has 0 saturated heterocycles.